The molecule has 0 radical (unpaired) electrons. The van der Waals surface area contributed by atoms with E-state index in [1.165, 1.54) is 7.05 Å². The number of nitrogen functional groups attached to an aromatic ring is 1. The molecular formula is C17H22N4O3. The first-order valence-electron chi connectivity index (χ1n) is 7.51. The standard InChI is InChI=1S/C17H22N4O3/c1-10-8-12-9-11(6-7-13(12)19-14(10)18)15(22)20-21(5)16(23)24-17(2,3)4/h6-9H,1-5H3,(H2,18,19)(H,20,22). The van der Waals surface area contributed by atoms with Gasteiger partial charge in [-0.2, -0.15) is 0 Å². The maximum atomic E-state index is 12.3. The molecule has 128 valence electrons. The van der Waals surface area contributed by atoms with E-state index in [-0.39, 0.29) is 0 Å². The van der Waals surface area contributed by atoms with Crippen LogP contribution >= 0.6 is 0 Å². The molecule has 0 saturated heterocycles. The Morgan fingerprint density at radius 1 is 1.25 bits per heavy atom. The van der Waals surface area contributed by atoms with Crippen LogP contribution < -0.4 is 11.2 Å². The van der Waals surface area contributed by atoms with Crippen molar-refractivity contribution in [1.82, 2.24) is 15.4 Å². The average Bonchev–Trinajstić information content (AvgIpc) is 2.46. The monoisotopic (exact) mass is 330 g/mol. The molecule has 2 rings (SSSR count). The van der Waals surface area contributed by atoms with Gasteiger partial charge in [-0.3, -0.25) is 10.2 Å². The third-order valence-electron chi connectivity index (χ3n) is 3.24. The van der Waals surface area contributed by atoms with Gasteiger partial charge in [-0.15, -0.1) is 0 Å². The van der Waals surface area contributed by atoms with Crippen molar-refractivity contribution in [2.75, 3.05) is 12.8 Å². The lowest BCUT2D eigenvalue weighted by molar-refractivity contribution is 0.0195. The number of ether oxygens (including phenoxy) is 1. The highest BCUT2D eigenvalue weighted by Gasteiger charge is 2.21. The fraction of sp³-hybridized carbons (Fsp3) is 0.353. The molecule has 0 bridgehead atoms. The number of fused-ring (bicyclic) bond motifs is 1. The normalized spacial score (nSPS) is 11.2. The Bertz CT molecular complexity index is 796. The van der Waals surface area contributed by atoms with E-state index in [9.17, 15) is 9.59 Å². The molecule has 0 aliphatic rings. The van der Waals surface area contributed by atoms with E-state index in [4.69, 9.17) is 10.5 Å². The number of aryl methyl sites for hydroxylation is 1. The van der Waals surface area contributed by atoms with Crippen LogP contribution in [0.5, 0.6) is 0 Å². The second kappa shape index (κ2) is 6.35. The van der Waals surface area contributed by atoms with Crippen LogP contribution in [0.25, 0.3) is 10.9 Å². The Morgan fingerprint density at radius 3 is 2.54 bits per heavy atom. The number of carbonyl (C=O) groups is 2. The summed E-state index contributed by atoms with van der Waals surface area (Å²) in [7, 11) is 1.43. The largest absolute Gasteiger partial charge is 0.442 e. The third kappa shape index (κ3) is 4.13. The predicted octanol–water partition coefficient (Wildman–Crippen LogP) is 2.64. The molecule has 0 atom stereocenters. The number of aromatic nitrogens is 1. The van der Waals surface area contributed by atoms with Gasteiger partial charge in [0.25, 0.3) is 5.91 Å². The van der Waals surface area contributed by atoms with Crippen molar-refractivity contribution >= 4 is 28.7 Å². The van der Waals surface area contributed by atoms with Crippen molar-refractivity contribution in [1.29, 1.82) is 0 Å². The molecule has 1 aromatic heterocycles. The number of nitrogens with one attached hydrogen (secondary N) is 1. The number of hydrogen-bond acceptors (Lipinski definition) is 5. The molecule has 24 heavy (non-hydrogen) atoms. The van der Waals surface area contributed by atoms with Gasteiger partial charge in [0.05, 0.1) is 5.52 Å². The summed E-state index contributed by atoms with van der Waals surface area (Å²) >= 11 is 0. The minimum Gasteiger partial charge on any atom is -0.442 e. The Hall–Kier alpha value is -2.83. The number of benzene rings is 1. The van der Waals surface area contributed by atoms with Gasteiger partial charge in [-0.05, 0) is 57.5 Å². The minimum absolute atomic E-state index is 0.406. The fourth-order valence-corrected chi connectivity index (χ4v) is 2.03. The van der Waals surface area contributed by atoms with Gasteiger partial charge in [-0.25, -0.2) is 14.8 Å². The fourth-order valence-electron chi connectivity index (χ4n) is 2.03. The summed E-state index contributed by atoms with van der Waals surface area (Å²) in [6.07, 6.45) is -0.637. The number of pyridine rings is 1. The molecule has 0 saturated carbocycles. The van der Waals surface area contributed by atoms with E-state index in [1.807, 2.05) is 13.0 Å². The summed E-state index contributed by atoms with van der Waals surface area (Å²) in [6.45, 7) is 7.12. The summed E-state index contributed by atoms with van der Waals surface area (Å²) in [5.41, 5.74) is 9.58. The molecule has 7 nitrogen and oxygen atoms in total. The van der Waals surface area contributed by atoms with Crippen LogP contribution in [0, 0.1) is 6.92 Å². The van der Waals surface area contributed by atoms with Crippen molar-refractivity contribution in [3.05, 3.63) is 35.4 Å². The molecule has 0 fully saturated rings. The highest BCUT2D eigenvalue weighted by molar-refractivity contribution is 5.98. The van der Waals surface area contributed by atoms with Crippen LogP contribution in [0.2, 0.25) is 0 Å². The van der Waals surface area contributed by atoms with Crippen LogP contribution in [-0.2, 0) is 4.74 Å². The highest BCUT2D eigenvalue weighted by Crippen LogP contribution is 2.19. The topological polar surface area (TPSA) is 97.5 Å². The number of nitrogens with two attached hydrogens (primary N) is 1. The quantitative estimate of drug-likeness (QED) is 0.783. The number of hydrazine groups is 1. The molecule has 7 heteroatoms. The first-order chi connectivity index (χ1) is 11.1. The second-order valence-corrected chi connectivity index (χ2v) is 6.58. The average molecular weight is 330 g/mol. The third-order valence-corrected chi connectivity index (χ3v) is 3.24. The predicted molar refractivity (Wildman–Crippen MR) is 92.4 cm³/mol. The van der Waals surface area contributed by atoms with E-state index >= 15 is 0 Å². The van der Waals surface area contributed by atoms with Crippen molar-refractivity contribution < 1.29 is 14.3 Å². The molecule has 0 aliphatic carbocycles. The second-order valence-electron chi connectivity index (χ2n) is 6.58. The van der Waals surface area contributed by atoms with Gasteiger partial charge in [0.15, 0.2) is 0 Å². The van der Waals surface area contributed by atoms with Crippen LogP contribution in [0.4, 0.5) is 10.6 Å². The zero-order valence-corrected chi connectivity index (χ0v) is 14.5. The first-order valence-corrected chi connectivity index (χ1v) is 7.51. The van der Waals surface area contributed by atoms with Gasteiger partial charge in [0.2, 0.25) is 0 Å². The molecule has 1 aromatic carbocycles. The Labute approximate surface area is 140 Å². The first kappa shape index (κ1) is 17.5. The number of anilines is 1. The van der Waals surface area contributed by atoms with E-state index < -0.39 is 17.6 Å². The van der Waals surface area contributed by atoms with Crippen LogP contribution in [0.1, 0.15) is 36.7 Å². The van der Waals surface area contributed by atoms with E-state index in [0.29, 0.717) is 16.9 Å². The highest BCUT2D eigenvalue weighted by atomic mass is 16.6. The molecule has 2 amide bonds. The van der Waals surface area contributed by atoms with E-state index in [0.717, 1.165) is 16.0 Å². The zero-order chi connectivity index (χ0) is 18.1. The maximum Gasteiger partial charge on any atom is 0.428 e. The molecule has 0 spiro atoms. The molecule has 3 N–H and O–H groups in total. The SMILES string of the molecule is Cc1cc2cc(C(=O)NN(C)C(=O)OC(C)(C)C)ccc2nc1N. The Balaban J connectivity index is 2.16. The van der Waals surface area contributed by atoms with Gasteiger partial charge in [-0.1, -0.05) is 0 Å². The lowest BCUT2D eigenvalue weighted by Gasteiger charge is -2.24. The summed E-state index contributed by atoms with van der Waals surface area (Å²) < 4.78 is 5.18. The van der Waals surface area contributed by atoms with Crippen LogP contribution in [0.15, 0.2) is 24.3 Å². The number of carbonyl (C=O) groups excluding carboxylic acids is 2. The summed E-state index contributed by atoms with van der Waals surface area (Å²) in [5.74, 6) is 0.0455. The maximum absolute atomic E-state index is 12.3. The number of rotatable bonds is 1. The number of nitrogens with zero attached hydrogens (tertiary/aromatic N) is 2. The van der Waals surface area contributed by atoms with Gasteiger partial charge >= 0.3 is 6.09 Å². The van der Waals surface area contributed by atoms with Crippen LogP contribution in [-0.4, -0.2) is 34.6 Å². The van der Waals surface area contributed by atoms with Gasteiger partial charge in [0.1, 0.15) is 11.4 Å². The molecule has 1 heterocycles. The van der Waals surface area contributed by atoms with Crippen molar-refractivity contribution in [2.24, 2.45) is 0 Å². The smallest absolute Gasteiger partial charge is 0.428 e. The van der Waals surface area contributed by atoms with E-state index in [1.54, 1.807) is 39.0 Å². The molecule has 0 aliphatic heterocycles. The Kier molecular flexibility index (Phi) is 4.64. The molecule has 2 aromatic rings. The Morgan fingerprint density at radius 2 is 1.92 bits per heavy atom. The molecule has 0 unspecified atom stereocenters. The van der Waals surface area contributed by atoms with Gasteiger partial charge in [0, 0.05) is 18.0 Å². The lowest BCUT2D eigenvalue weighted by Crippen LogP contribution is -2.45. The van der Waals surface area contributed by atoms with Crippen molar-refractivity contribution in [2.45, 2.75) is 33.3 Å². The minimum atomic E-state index is -0.637. The summed E-state index contributed by atoms with van der Waals surface area (Å²) in [4.78, 5) is 28.5. The van der Waals surface area contributed by atoms with Crippen molar-refractivity contribution in [3.63, 3.8) is 0 Å². The molecular weight excluding hydrogens is 308 g/mol. The number of hydrogen-bond donors (Lipinski definition) is 2. The van der Waals surface area contributed by atoms with E-state index in [2.05, 4.69) is 10.4 Å². The lowest BCUT2D eigenvalue weighted by atomic mass is 10.1. The van der Waals surface area contributed by atoms with Crippen molar-refractivity contribution in [3.8, 4) is 0 Å². The van der Waals surface area contributed by atoms with Gasteiger partial charge < -0.3 is 10.5 Å². The zero-order valence-electron chi connectivity index (χ0n) is 14.5. The van der Waals surface area contributed by atoms with Crippen LogP contribution in [0.3, 0.4) is 0 Å². The number of amides is 2. The summed E-state index contributed by atoms with van der Waals surface area (Å²) in [5, 5.41) is 1.82. The summed E-state index contributed by atoms with van der Waals surface area (Å²) in [6, 6.07) is 6.91.